The molecule has 0 saturated heterocycles. The van der Waals surface area contributed by atoms with Gasteiger partial charge in [-0.2, -0.15) is 0 Å². The van der Waals surface area contributed by atoms with Gasteiger partial charge in [0.15, 0.2) is 0 Å². The van der Waals surface area contributed by atoms with Gasteiger partial charge in [-0.3, -0.25) is 0 Å². The van der Waals surface area contributed by atoms with Crippen LogP contribution in [0, 0.1) is 10.8 Å². The van der Waals surface area contributed by atoms with E-state index in [-0.39, 0.29) is 0 Å². The first-order valence-corrected chi connectivity index (χ1v) is 7.19. The number of rotatable bonds is 11. The molecule has 0 atom stereocenters. The molecule has 9 N–H and O–H groups in total. The van der Waals surface area contributed by atoms with E-state index in [9.17, 15) is 4.79 Å². The molecular formula is C14H28O11. The maximum Gasteiger partial charge on any atom is 0.338 e. The Morgan fingerprint density at radius 1 is 0.720 bits per heavy atom. The highest BCUT2D eigenvalue weighted by Gasteiger charge is 2.30. The molecule has 25 heavy (non-hydrogen) atoms. The van der Waals surface area contributed by atoms with Crippen LogP contribution in [0.5, 0.6) is 0 Å². The highest BCUT2D eigenvalue weighted by molar-refractivity contribution is 5.85. The molecule has 0 fully saturated rings. The second-order valence-electron chi connectivity index (χ2n) is 5.63. The third-order valence-corrected chi connectivity index (χ3v) is 3.50. The zero-order chi connectivity index (χ0) is 20.1. The summed E-state index contributed by atoms with van der Waals surface area (Å²) in [5.74, 6) is -2.16. The molecule has 0 aromatic rings. The molecule has 0 unspecified atom stereocenters. The molecule has 0 radical (unpaired) electrons. The van der Waals surface area contributed by atoms with E-state index in [2.05, 4.69) is 4.74 Å². The summed E-state index contributed by atoms with van der Waals surface area (Å²) in [7, 11) is 0. The fourth-order valence-electron chi connectivity index (χ4n) is 1.01. The van der Waals surface area contributed by atoms with Gasteiger partial charge in [0.1, 0.15) is 12.2 Å². The molecule has 0 aliphatic carbocycles. The smallest absolute Gasteiger partial charge is 0.338 e. The summed E-state index contributed by atoms with van der Waals surface area (Å²) in [6.45, 7) is -2.55. The molecule has 0 spiro atoms. The molecule has 0 rings (SSSR count). The Kier molecular flexibility index (Phi) is 13.2. The van der Waals surface area contributed by atoms with E-state index in [1.54, 1.807) is 0 Å². The van der Waals surface area contributed by atoms with E-state index in [1.165, 1.54) is 0 Å². The molecule has 0 aliphatic rings. The second kappa shape index (κ2) is 12.8. The first-order valence-electron chi connectivity index (χ1n) is 7.19. The van der Waals surface area contributed by atoms with Crippen LogP contribution in [0.25, 0.3) is 0 Å². The summed E-state index contributed by atoms with van der Waals surface area (Å²) in [6, 6.07) is 0. The van der Waals surface area contributed by atoms with Crippen molar-refractivity contribution in [1.29, 1.82) is 0 Å². The number of aliphatic hydroxyl groups excluding tert-OH is 8. The molecule has 0 aromatic heterocycles. The lowest BCUT2D eigenvalue weighted by Crippen LogP contribution is -2.38. The average molecular weight is 372 g/mol. The minimum atomic E-state index is -1.35. The topological polar surface area (TPSA) is 208 Å². The standard InChI is InChI=1S/C9H16O7.C5H12O4/c1-6(7(13)14)8(15)16-5-9(2-10,3-11)4-12;6-1-5(2-7,3-8)4-9/h10-12,15H,2-5H2,1H3,(H,13,14);6-9H,1-4H2. The molecule has 0 aromatic carbocycles. The molecule has 0 bridgehead atoms. The van der Waals surface area contributed by atoms with Crippen LogP contribution in [0.4, 0.5) is 0 Å². The van der Waals surface area contributed by atoms with Gasteiger partial charge in [0.25, 0.3) is 5.95 Å². The zero-order valence-corrected chi connectivity index (χ0v) is 14.0. The monoisotopic (exact) mass is 372 g/mol. The van der Waals surface area contributed by atoms with Crippen molar-refractivity contribution in [2.45, 2.75) is 6.92 Å². The van der Waals surface area contributed by atoms with Gasteiger partial charge < -0.3 is 50.7 Å². The van der Waals surface area contributed by atoms with E-state index >= 15 is 0 Å². The Bertz CT molecular complexity index is 374. The number of hydrogen-bond acceptors (Lipinski definition) is 10. The maximum absolute atomic E-state index is 10.4. The number of aliphatic carboxylic acids is 1. The number of carbonyl (C=O) groups is 1. The van der Waals surface area contributed by atoms with Crippen LogP contribution in [0.3, 0.4) is 0 Å². The van der Waals surface area contributed by atoms with Crippen molar-refractivity contribution in [2.75, 3.05) is 52.9 Å². The van der Waals surface area contributed by atoms with Gasteiger partial charge >= 0.3 is 5.97 Å². The molecule has 0 aliphatic heterocycles. The van der Waals surface area contributed by atoms with Gasteiger partial charge in [-0.1, -0.05) is 0 Å². The van der Waals surface area contributed by atoms with Crippen molar-refractivity contribution >= 4 is 5.97 Å². The molecule has 0 saturated carbocycles. The van der Waals surface area contributed by atoms with Crippen molar-refractivity contribution in [1.82, 2.24) is 0 Å². The van der Waals surface area contributed by atoms with Gasteiger partial charge in [0, 0.05) is 0 Å². The van der Waals surface area contributed by atoms with Crippen molar-refractivity contribution in [3.05, 3.63) is 11.5 Å². The number of ether oxygens (including phenoxy) is 1. The molecule has 11 nitrogen and oxygen atoms in total. The predicted octanol–water partition coefficient (Wildman–Crippen LogP) is -3.22. The van der Waals surface area contributed by atoms with E-state index in [4.69, 9.17) is 46.0 Å². The van der Waals surface area contributed by atoms with Crippen molar-refractivity contribution < 1.29 is 55.5 Å². The van der Waals surface area contributed by atoms with Crippen LogP contribution in [0.1, 0.15) is 6.92 Å². The molecule has 0 amide bonds. The molecule has 150 valence electrons. The van der Waals surface area contributed by atoms with E-state index < -0.39 is 81.2 Å². The Morgan fingerprint density at radius 3 is 1.24 bits per heavy atom. The third-order valence-electron chi connectivity index (χ3n) is 3.50. The van der Waals surface area contributed by atoms with Crippen molar-refractivity contribution in [2.24, 2.45) is 10.8 Å². The fourth-order valence-corrected chi connectivity index (χ4v) is 1.01. The molecular weight excluding hydrogens is 344 g/mol. The van der Waals surface area contributed by atoms with Crippen LogP contribution < -0.4 is 0 Å². The van der Waals surface area contributed by atoms with Crippen LogP contribution >= 0.6 is 0 Å². The maximum atomic E-state index is 10.4. The van der Waals surface area contributed by atoms with Crippen LogP contribution in [0.15, 0.2) is 11.5 Å². The minimum absolute atomic E-state index is 0.396. The minimum Gasteiger partial charge on any atom is -0.481 e. The normalized spacial score (nSPS) is 12.8. The van der Waals surface area contributed by atoms with Gasteiger partial charge in [0.05, 0.1) is 57.1 Å². The Morgan fingerprint density at radius 2 is 1.04 bits per heavy atom. The summed E-state index contributed by atoms with van der Waals surface area (Å²) in [6.07, 6.45) is 0. The SMILES string of the molecule is CC(C(=O)O)=C(O)OCC(CO)(CO)CO.OCC(CO)(CO)CO. The summed E-state index contributed by atoms with van der Waals surface area (Å²) < 4.78 is 4.68. The predicted molar refractivity (Wildman–Crippen MR) is 83.4 cm³/mol. The third kappa shape index (κ3) is 8.45. The van der Waals surface area contributed by atoms with Gasteiger partial charge in [-0.15, -0.1) is 0 Å². The van der Waals surface area contributed by atoms with E-state index in [0.717, 1.165) is 6.92 Å². The van der Waals surface area contributed by atoms with Crippen LogP contribution in [0.2, 0.25) is 0 Å². The number of aliphatic hydroxyl groups is 8. The number of carboxylic acid groups (broad SMARTS) is 1. The van der Waals surface area contributed by atoms with Crippen LogP contribution in [-0.2, 0) is 9.53 Å². The molecule has 0 heterocycles. The quantitative estimate of drug-likeness (QED) is 0.130. The van der Waals surface area contributed by atoms with Crippen molar-refractivity contribution in [3.63, 3.8) is 0 Å². The highest BCUT2D eigenvalue weighted by atomic mass is 16.6. The lowest BCUT2D eigenvalue weighted by molar-refractivity contribution is -0.133. The van der Waals surface area contributed by atoms with Crippen molar-refractivity contribution in [3.8, 4) is 0 Å². The fraction of sp³-hybridized carbons (Fsp3) is 0.786. The first-order chi connectivity index (χ1) is 11.7. The van der Waals surface area contributed by atoms with Gasteiger partial charge in [-0.05, 0) is 6.92 Å². The summed E-state index contributed by atoms with van der Waals surface area (Å²) in [5.41, 5.74) is -2.82. The Balaban J connectivity index is 0. The summed E-state index contributed by atoms with van der Waals surface area (Å²) in [4.78, 5) is 10.4. The van der Waals surface area contributed by atoms with Crippen LogP contribution in [-0.4, -0.2) is 105 Å². The van der Waals surface area contributed by atoms with Gasteiger partial charge in [-0.25, -0.2) is 4.79 Å². The van der Waals surface area contributed by atoms with E-state index in [0.29, 0.717) is 0 Å². The number of carboxylic acids is 1. The average Bonchev–Trinajstić information content (AvgIpc) is 2.65. The molecule has 11 heteroatoms. The van der Waals surface area contributed by atoms with Gasteiger partial charge in [0.2, 0.25) is 0 Å². The lowest BCUT2D eigenvalue weighted by atomic mass is 9.93. The largest absolute Gasteiger partial charge is 0.481 e. The second-order valence-corrected chi connectivity index (χ2v) is 5.63. The summed E-state index contributed by atoms with van der Waals surface area (Å²) >= 11 is 0. The lowest BCUT2D eigenvalue weighted by Gasteiger charge is -2.26. The highest BCUT2D eigenvalue weighted by Crippen LogP contribution is 2.17. The van der Waals surface area contributed by atoms with E-state index in [1.807, 2.05) is 0 Å². The Hall–Kier alpha value is -1.47. The number of hydrogen-bond donors (Lipinski definition) is 9. The zero-order valence-electron chi connectivity index (χ0n) is 14.0. The first kappa shape index (κ1) is 25.8. The Labute approximate surface area is 144 Å². The summed E-state index contributed by atoms with van der Waals surface area (Å²) in [5, 5.41) is 78.4.